The highest BCUT2D eigenvalue weighted by atomic mass is 14.7. The summed E-state index contributed by atoms with van der Waals surface area (Å²) in [6, 6.07) is 0.539. The smallest absolute Gasteiger partial charge is 0.00441 e. The summed E-state index contributed by atoms with van der Waals surface area (Å²) < 4.78 is 0. The molecule has 2 N–H and O–H groups in total. The summed E-state index contributed by atoms with van der Waals surface area (Å²) in [7, 11) is 0. The Bertz CT molecular complexity index is 92.9. The fourth-order valence-electron chi connectivity index (χ4n) is 1.59. The van der Waals surface area contributed by atoms with E-state index in [1.54, 1.807) is 0 Å². The second kappa shape index (κ2) is 3.38. The third-order valence-electron chi connectivity index (χ3n) is 2.42. The first kappa shape index (κ1) is 8.06. The van der Waals surface area contributed by atoms with Crippen molar-refractivity contribution in [1.82, 2.24) is 0 Å². The molecule has 0 aliphatic heterocycles. The zero-order valence-electron chi connectivity index (χ0n) is 7.14. The van der Waals surface area contributed by atoms with Crippen molar-refractivity contribution in [1.29, 1.82) is 0 Å². The van der Waals surface area contributed by atoms with Crippen molar-refractivity contribution < 1.29 is 0 Å². The molecule has 0 aromatic heterocycles. The van der Waals surface area contributed by atoms with Gasteiger partial charge in [-0.05, 0) is 24.7 Å². The van der Waals surface area contributed by atoms with Gasteiger partial charge < -0.3 is 5.73 Å². The molecule has 1 aliphatic carbocycles. The van der Waals surface area contributed by atoms with E-state index in [9.17, 15) is 0 Å². The maximum absolute atomic E-state index is 5.68. The topological polar surface area (TPSA) is 26.0 Å². The predicted octanol–water partition coefficient (Wildman–Crippen LogP) is 2.16. The molecule has 0 amide bonds. The van der Waals surface area contributed by atoms with Crippen molar-refractivity contribution >= 4 is 0 Å². The summed E-state index contributed by atoms with van der Waals surface area (Å²) in [6.07, 6.45) is 5.36. The Morgan fingerprint density at radius 1 is 1.40 bits per heavy atom. The number of rotatable bonds is 3. The van der Waals surface area contributed by atoms with Gasteiger partial charge >= 0.3 is 0 Å². The monoisotopic (exact) mass is 141 g/mol. The summed E-state index contributed by atoms with van der Waals surface area (Å²) >= 11 is 0. The van der Waals surface area contributed by atoms with Crippen LogP contribution in [0.3, 0.4) is 0 Å². The molecule has 0 saturated heterocycles. The van der Waals surface area contributed by atoms with E-state index in [0.29, 0.717) is 6.04 Å². The fraction of sp³-hybridized carbons (Fsp3) is 1.00. The normalized spacial score (nSPS) is 32.4. The summed E-state index contributed by atoms with van der Waals surface area (Å²) in [5, 5.41) is 0. The Labute approximate surface area is 64.0 Å². The van der Waals surface area contributed by atoms with Crippen molar-refractivity contribution in [3.05, 3.63) is 0 Å². The van der Waals surface area contributed by atoms with Gasteiger partial charge in [0.15, 0.2) is 0 Å². The first-order valence-electron chi connectivity index (χ1n) is 4.44. The van der Waals surface area contributed by atoms with Gasteiger partial charge in [0.2, 0.25) is 0 Å². The fourth-order valence-corrected chi connectivity index (χ4v) is 1.59. The Balaban J connectivity index is 1.95. The van der Waals surface area contributed by atoms with E-state index in [2.05, 4.69) is 13.8 Å². The number of nitrogens with two attached hydrogens (primary N) is 1. The van der Waals surface area contributed by atoms with Crippen molar-refractivity contribution in [3.8, 4) is 0 Å². The molecule has 1 saturated carbocycles. The van der Waals surface area contributed by atoms with Crippen LogP contribution in [0, 0.1) is 11.8 Å². The first-order chi connectivity index (χ1) is 4.68. The van der Waals surface area contributed by atoms with Crippen molar-refractivity contribution in [2.75, 3.05) is 0 Å². The van der Waals surface area contributed by atoms with E-state index >= 15 is 0 Å². The van der Waals surface area contributed by atoms with Gasteiger partial charge in [-0.25, -0.2) is 0 Å². The van der Waals surface area contributed by atoms with E-state index < -0.39 is 0 Å². The van der Waals surface area contributed by atoms with Crippen LogP contribution in [0.25, 0.3) is 0 Å². The maximum Gasteiger partial charge on any atom is 0.00441 e. The molecule has 1 aliphatic rings. The first-order valence-corrected chi connectivity index (χ1v) is 4.44. The largest absolute Gasteiger partial charge is 0.328 e. The van der Waals surface area contributed by atoms with Gasteiger partial charge in [-0.3, -0.25) is 0 Å². The molecular formula is C9H19N. The van der Waals surface area contributed by atoms with Gasteiger partial charge in [0.1, 0.15) is 0 Å². The SMILES string of the molecule is CC(C)CCC1CC(N)C1. The van der Waals surface area contributed by atoms with Crippen LogP contribution in [0.1, 0.15) is 39.5 Å². The van der Waals surface area contributed by atoms with Gasteiger partial charge in [0, 0.05) is 6.04 Å². The molecule has 0 aromatic rings. The molecule has 0 aromatic carbocycles. The van der Waals surface area contributed by atoms with Crippen molar-refractivity contribution in [2.24, 2.45) is 17.6 Å². The lowest BCUT2D eigenvalue weighted by molar-refractivity contribution is 0.236. The summed E-state index contributed by atoms with van der Waals surface area (Å²) in [5.74, 6) is 1.84. The Morgan fingerprint density at radius 3 is 2.40 bits per heavy atom. The molecule has 60 valence electrons. The van der Waals surface area contributed by atoms with E-state index in [0.717, 1.165) is 11.8 Å². The third-order valence-corrected chi connectivity index (χ3v) is 2.42. The van der Waals surface area contributed by atoms with Crippen LogP contribution in [-0.4, -0.2) is 6.04 Å². The van der Waals surface area contributed by atoms with Crippen molar-refractivity contribution in [2.45, 2.75) is 45.6 Å². The number of hydrogen-bond acceptors (Lipinski definition) is 1. The highest BCUT2D eigenvalue weighted by Gasteiger charge is 2.24. The van der Waals surface area contributed by atoms with Crippen LogP contribution in [0.15, 0.2) is 0 Å². The minimum Gasteiger partial charge on any atom is -0.328 e. The number of hydrogen-bond donors (Lipinski definition) is 1. The van der Waals surface area contributed by atoms with Crippen molar-refractivity contribution in [3.63, 3.8) is 0 Å². The highest BCUT2D eigenvalue weighted by molar-refractivity contribution is 4.81. The minimum absolute atomic E-state index is 0.539. The predicted molar refractivity (Wildman–Crippen MR) is 44.8 cm³/mol. The molecule has 10 heavy (non-hydrogen) atoms. The Morgan fingerprint density at radius 2 is 2.00 bits per heavy atom. The second-order valence-electron chi connectivity index (χ2n) is 4.07. The third kappa shape index (κ3) is 2.30. The molecular weight excluding hydrogens is 122 g/mol. The summed E-state index contributed by atoms with van der Waals surface area (Å²) in [6.45, 7) is 4.58. The molecule has 1 fully saturated rings. The molecule has 0 heterocycles. The quantitative estimate of drug-likeness (QED) is 0.640. The lowest BCUT2D eigenvalue weighted by Gasteiger charge is -2.32. The average Bonchev–Trinajstić information content (AvgIpc) is 1.77. The van der Waals surface area contributed by atoms with Crippen LogP contribution in [-0.2, 0) is 0 Å². The van der Waals surface area contributed by atoms with Gasteiger partial charge in [0.25, 0.3) is 0 Å². The molecule has 0 unspecified atom stereocenters. The molecule has 0 atom stereocenters. The molecule has 0 bridgehead atoms. The van der Waals surface area contributed by atoms with Gasteiger partial charge in [-0.2, -0.15) is 0 Å². The van der Waals surface area contributed by atoms with Gasteiger partial charge in [0.05, 0.1) is 0 Å². The average molecular weight is 141 g/mol. The standard InChI is InChI=1S/C9H19N/c1-7(2)3-4-8-5-9(10)6-8/h7-9H,3-6,10H2,1-2H3. The maximum atomic E-state index is 5.68. The molecule has 0 spiro atoms. The highest BCUT2D eigenvalue weighted by Crippen LogP contribution is 2.30. The van der Waals surface area contributed by atoms with Crippen LogP contribution in [0.4, 0.5) is 0 Å². The minimum atomic E-state index is 0.539. The van der Waals surface area contributed by atoms with E-state index in [4.69, 9.17) is 5.73 Å². The van der Waals surface area contributed by atoms with Crippen LogP contribution < -0.4 is 5.73 Å². The lowest BCUT2D eigenvalue weighted by atomic mass is 9.77. The lowest BCUT2D eigenvalue weighted by Crippen LogP contribution is -2.36. The molecule has 1 nitrogen and oxygen atoms in total. The Hall–Kier alpha value is -0.0400. The molecule has 1 heteroatoms. The summed E-state index contributed by atoms with van der Waals surface area (Å²) in [4.78, 5) is 0. The van der Waals surface area contributed by atoms with Gasteiger partial charge in [-0.1, -0.05) is 26.7 Å². The van der Waals surface area contributed by atoms with Crippen LogP contribution in [0.2, 0.25) is 0 Å². The zero-order chi connectivity index (χ0) is 7.56. The molecule has 1 rings (SSSR count). The second-order valence-corrected chi connectivity index (χ2v) is 4.07. The van der Waals surface area contributed by atoms with Crippen LogP contribution >= 0.6 is 0 Å². The van der Waals surface area contributed by atoms with E-state index in [1.165, 1.54) is 25.7 Å². The summed E-state index contributed by atoms with van der Waals surface area (Å²) in [5.41, 5.74) is 5.68. The molecule has 0 radical (unpaired) electrons. The van der Waals surface area contributed by atoms with E-state index in [-0.39, 0.29) is 0 Å². The zero-order valence-corrected chi connectivity index (χ0v) is 7.14. The van der Waals surface area contributed by atoms with Crippen LogP contribution in [0.5, 0.6) is 0 Å². The van der Waals surface area contributed by atoms with E-state index in [1.807, 2.05) is 0 Å². The Kier molecular flexibility index (Phi) is 2.72. The van der Waals surface area contributed by atoms with Gasteiger partial charge in [-0.15, -0.1) is 0 Å².